The lowest BCUT2D eigenvalue weighted by molar-refractivity contribution is 0.443. The van der Waals surface area contributed by atoms with Crippen LogP contribution in [-0.4, -0.2) is 9.97 Å². The molecule has 2 heterocycles. The Morgan fingerprint density at radius 2 is 1.16 bits per heavy atom. The van der Waals surface area contributed by atoms with Crippen molar-refractivity contribution in [3.63, 3.8) is 0 Å². The zero-order chi connectivity index (χ0) is 42.1. The van der Waals surface area contributed by atoms with Gasteiger partial charge in [-0.15, -0.1) is 0 Å². The van der Waals surface area contributed by atoms with Crippen LogP contribution >= 0.6 is 0 Å². The van der Waals surface area contributed by atoms with Crippen LogP contribution in [0.15, 0.2) is 146 Å². The molecule has 0 radical (unpaired) electrons. The van der Waals surface area contributed by atoms with Crippen LogP contribution in [0.25, 0.3) is 55.9 Å². The average molecular weight is 735 g/mol. The second-order valence-electron chi connectivity index (χ2n) is 16.6. The highest BCUT2D eigenvalue weighted by Crippen LogP contribution is 2.39. The molecule has 0 amide bonds. The standard InChI is InChI=1S/C54H54N2/c1-37-15-30-52(55-35-37)45-20-18-39(19-21-45)16-17-40-31-38(2)32-47(33-40)49-14-10-9-13-48(49)43-26-28-46(29-27-43)53-34-50(51(36-56-53)54(3,4)5)44-24-22-42(23-25-44)41-11-7-6-8-12-41/h9-10,13-15,18-36,41H,6-8,11-12,16-17H2,1-5H3/i1D3,41D. The zero-order valence-electron chi connectivity index (χ0n) is 37.2. The Balaban J connectivity index is 1.01. The van der Waals surface area contributed by atoms with Crippen molar-refractivity contribution >= 4 is 0 Å². The average Bonchev–Trinajstić information content (AvgIpc) is 3.25. The summed E-state index contributed by atoms with van der Waals surface area (Å²) in [5.74, 6) is -0.467. The van der Waals surface area contributed by atoms with E-state index in [1.165, 1.54) is 62.7 Å². The Morgan fingerprint density at radius 3 is 1.84 bits per heavy atom. The predicted molar refractivity (Wildman–Crippen MR) is 237 cm³/mol. The van der Waals surface area contributed by atoms with E-state index in [-0.39, 0.29) is 11.0 Å². The first-order valence-corrected chi connectivity index (χ1v) is 20.2. The van der Waals surface area contributed by atoms with Crippen LogP contribution in [0.4, 0.5) is 0 Å². The molecule has 1 aliphatic rings. The Labute approximate surface area is 340 Å². The Kier molecular flexibility index (Phi) is 9.46. The summed E-state index contributed by atoms with van der Waals surface area (Å²) in [5, 5.41) is 0. The maximum absolute atomic E-state index is 9.15. The Morgan fingerprint density at radius 1 is 0.554 bits per heavy atom. The maximum atomic E-state index is 9.15. The second kappa shape index (κ2) is 16.2. The zero-order valence-corrected chi connectivity index (χ0v) is 33.2. The number of benzene rings is 5. The summed E-state index contributed by atoms with van der Waals surface area (Å²) < 4.78 is 32.0. The molecule has 0 N–H and O–H groups in total. The lowest BCUT2D eigenvalue weighted by atomic mass is 9.81. The highest BCUT2D eigenvalue weighted by molar-refractivity contribution is 5.85. The minimum Gasteiger partial charge on any atom is -0.256 e. The molecule has 2 heteroatoms. The number of hydrogen-bond donors (Lipinski definition) is 0. The summed E-state index contributed by atoms with van der Waals surface area (Å²) in [7, 11) is 0. The van der Waals surface area contributed by atoms with Gasteiger partial charge in [-0.25, -0.2) is 0 Å². The van der Waals surface area contributed by atoms with Gasteiger partial charge in [0.05, 0.1) is 11.4 Å². The fourth-order valence-electron chi connectivity index (χ4n) is 8.27. The van der Waals surface area contributed by atoms with Gasteiger partial charge in [-0.1, -0.05) is 167 Å². The molecule has 0 spiro atoms. The molecular formula is C54H54N2. The van der Waals surface area contributed by atoms with E-state index >= 15 is 0 Å². The van der Waals surface area contributed by atoms with Crippen LogP contribution in [0.5, 0.6) is 0 Å². The van der Waals surface area contributed by atoms with Crippen LogP contribution in [0.3, 0.4) is 0 Å². The third-order valence-corrected chi connectivity index (χ3v) is 11.4. The van der Waals surface area contributed by atoms with Crippen molar-refractivity contribution in [3.05, 3.63) is 179 Å². The second-order valence-corrected chi connectivity index (χ2v) is 16.6. The predicted octanol–water partition coefficient (Wildman–Crippen LogP) is 14.6. The number of pyridine rings is 2. The molecule has 0 atom stereocenters. The molecule has 56 heavy (non-hydrogen) atoms. The maximum Gasteiger partial charge on any atom is 0.0708 e. The number of rotatable bonds is 9. The monoisotopic (exact) mass is 734 g/mol. The number of hydrogen-bond acceptors (Lipinski definition) is 2. The summed E-state index contributed by atoms with van der Waals surface area (Å²) in [4.78, 5) is 9.41. The summed E-state index contributed by atoms with van der Waals surface area (Å²) in [6, 6.07) is 47.3. The van der Waals surface area contributed by atoms with Gasteiger partial charge in [0, 0.05) is 29.0 Å². The van der Waals surface area contributed by atoms with Crippen molar-refractivity contribution in [1.82, 2.24) is 9.97 Å². The third kappa shape index (κ3) is 8.46. The first kappa shape index (κ1) is 32.6. The van der Waals surface area contributed by atoms with Gasteiger partial charge < -0.3 is 0 Å². The van der Waals surface area contributed by atoms with Gasteiger partial charge in [-0.3, -0.25) is 9.97 Å². The molecule has 0 aliphatic heterocycles. The SMILES string of the molecule is [2H]C([2H])([2H])c1ccc(-c2ccc(CCc3cc(C)cc(-c4ccccc4-c4ccc(-c5cc(-c6ccc(C7([2H])CCCCC7)cc6)c(C(C)(C)C)cn5)cc4)c3)cc2)nc1. The molecule has 1 fully saturated rings. The molecule has 280 valence electrons. The van der Waals surface area contributed by atoms with Crippen molar-refractivity contribution in [1.29, 1.82) is 0 Å². The van der Waals surface area contributed by atoms with Gasteiger partial charge in [0.1, 0.15) is 0 Å². The van der Waals surface area contributed by atoms with Crippen LogP contribution in [0.2, 0.25) is 0 Å². The molecule has 5 aromatic carbocycles. The topological polar surface area (TPSA) is 25.8 Å². The van der Waals surface area contributed by atoms with Gasteiger partial charge in [0.2, 0.25) is 0 Å². The molecule has 2 aromatic heterocycles. The first-order valence-electron chi connectivity index (χ1n) is 22.2. The van der Waals surface area contributed by atoms with Crippen LogP contribution in [-0.2, 0) is 18.3 Å². The fourth-order valence-corrected chi connectivity index (χ4v) is 8.27. The molecule has 0 saturated heterocycles. The van der Waals surface area contributed by atoms with Crippen LogP contribution < -0.4 is 0 Å². The fraction of sp³-hybridized carbons (Fsp3) is 0.259. The van der Waals surface area contributed by atoms with Crippen molar-refractivity contribution in [3.8, 4) is 55.9 Å². The number of aryl methyl sites for hydroxylation is 4. The van der Waals surface area contributed by atoms with E-state index in [0.29, 0.717) is 0 Å². The van der Waals surface area contributed by atoms with E-state index in [0.717, 1.165) is 72.2 Å². The summed E-state index contributed by atoms with van der Waals surface area (Å²) in [6.07, 6.45) is 10.7. The van der Waals surface area contributed by atoms with E-state index in [2.05, 4.69) is 160 Å². The Bertz CT molecular complexity index is 2580. The van der Waals surface area contributed by atoms with Gasteiger partial charge in [0.25, 0.3) is 0 Å². The van der Waals surface area contributed by atoms with E-state index < -0.39 is 12.7 Å². The molecule has 0 unspecified atom stereocenters. The van der Waals surface area contributed by atoms with Crippen molar-refractivity contribution in [2.24, 2.45) is 0 Å². The van der Waals surface area contributed by atoms with Crippen LogP contribution in [0.1, 0.15) is 97.6 Å². The minimum absolute atomic E-state index is 0.0767. The van der Waals surface area contributed by atoms with E-state index in [4.69, 9.17) is 10.5 Å². The first-order chi connectivity index (χ1) is 28.7. The molecule has 2 nitrogen and oxygen atoms in total. The summed E-state index contributed by atoms with van der Waals surface area (Å²) >= 11 is 0. The minimum atomic E-state index is -2.15. The lowest BCUT2D eigenvalue weighted by Gasteiger charge is -2.24. The molecular weight excluding hydrogens is 677 g/mol. The lowest BCUT2D eigenvalue weighted by Crippen LogP contribution is -2.13. The van der Waals surface area contributed by atoms with Crippen molar-refractivity contribution in [2.75, 3.05) is 0 Å². The van der Waals surface area contributed by atoms with Crippen molar-refractivity contribution in [2.45, 2.75) is 90.8 Å². The molecule has 7 aromatic rings. The number of aromatic nitrogens is 2. The normalized spacial score (nSPS) is 15.4. The van der Waals surface area contributed by atoms with Crippen molar-refractivity contribution < 1.29 is 5.48 Å². The largest absolute Gasteiger partial charge is 0.256 e. The van der Waals surface area contributed by atoms with Crippen LogP contribution in [0, 0.1) is 13.8 Å². The number of nitrogens with zero attached hydrogens (tertiary/aromatic N) is 2. The van der Waals surface area contributed by atoms with Gasteiger partial charge in [-0.05, 0) is 124 Å². The smallest absolute Gasteiger partial charge is 0.0708 e. The van der Waals surface area contributed by atoms with E-state index in [1.54, 1.807) is 12.1 Å². The van der Waals surface area contributed by atoms with Gasteiger partial charge in [-0.2, -0.15) is 0 Å². The Hall–Kier alpha value is -5.60. The third-order valence-electron chi connectivity index (χ3n) is 11.4. The molecule has 8 rings (SSSR count). The molecule has 1 saturated carbocycles. The highest BCUT2D eigenvalue weighted by Gasteiger charge is 2.22. The van der Waals surface area contributed by atoms with E-state index in [9.17, 15) is 0 Å². The molecule has 0 bridgehead atoms. The molecule has 1 aliphatic carbocycles. The van der Waals surface area contributed by atoms with E-state index in [1.807, 2.05) is 0 Å². The summed E-state index contributed by atoms with van der Waals surface area (Å²) in [6.45, 7) is 6.76. The highest BCUT2D eigenvalue weighted by atomic mass is 14.7. The quantitative estimate of drug-likeness (QED) is 0.148. The summed E-state index contributed by atoms with van der Waals surface area (Å²) in [5.41, 5.74) is 17.2. The van der Waals surface area contributed by atoms with Gasteiger partial charge >= 0.3 is 0 Å². The van der Waals surface area contributed by atoms with Gasteiger partial charge in [0.15, 0.2) is 0 Å².